The predicted molar refractivity (Wildman–Crippen MR) is 87.4 cm³/mol. The fraction of sp³-hybridized carbons (Fsp3) is 0.562. The second-order valence-electron chi connectivity index (χ2n) is 5.91. The number of carbonyl (C=O) groups excluding carboxylic acids is 1. The van der Waals surface area contributed by atoms with Gasteiger partial charge in [0.2, 0.25) is 0 Å². The molecule has 1 aliphatic heterocycles. The molecule has 4 heteroatoms. The molecule has 3 rings (SSSR count). The summed E-state index contributed by atoms with van der Waals surface area (Å²) >= 11 is 7.89. The van der Waals surface area contributed by atoms with E-state index < -0.39 is 0 Å². The van der Waals surface area contributed by atoms with E-state index in [1.165, 1.54) is 32.1 Å². The fourth-order valence-corrected chi connectivity index (χ4v) is 4.56. The van der Waals surface area contributed by atoms with Crippen molar-refractivity contribution in [1.82, 2.24) is 4.90 Å². The van der Waals surface area contributed by atoms with Crippen molar-refractivity contribution >= 4 is 34.5 Å². The van der Waals surface area contributed by atoms with Crippen LogP contribution >= 0.6 is 28.6 Å². The average Bonchev–Trinajstić information content (AvgIpc) is 2.46. The summed E-state index contributed by atoms with van der Waals surface area (Å²) in [6.07, 6.45) is 7.50. The molecule has 2 nitrogen and oxygen atoms in total. The van der Waals surface area contributed by atoms with E-state index in [0.717, 1.165) is 33.8 Å². The topological polar surface area (TPSA) is 20.3 Å². The van der Waals surface area contributed by atoms with Gasteiger partial charge in [0, 0.05) is 22.0 Å². The lowest BCUT2D eigenvalue weighted by Gasteiger charge is -2.44. The molecule has 0 bridgehead atoms. The normalized spacial score (nSPS) is 26.2. The van der Waals surface area contributed by atoms with Gasteiger partial charge in [-0.1, -0.05) is 28.8 Å². The summed E-state index contributed by atoms with van der Waals surface area (Å²) in [5.74, 6) is 0.888. The minimum atomic E-state index is 0.166. The highest BCUT2D eigenvalue weighted by Gasteiger charge is 2.36. The van der Waals surface area contributed by atoms with Crippen LogP contribution in [0.5, 0.6) is 0 Å². The van der Waals surface area contributed by atoms with Gasteiger partial charge in [-0.05, 0) is 49.8 Å². The second-order valence-corrected chi connectivity index (χ2v) is 7.31. The molecule has 0 N–H and O–H groups in total. The number of halogens is 1. The first-order valence-electron chi connectivity index (χ1n) is 7.46. The SMILES string of the molecule is O=C(c1ccc(Br)cc1S)N1CCCC2CCCCC21. The number of nitrogens with zero attached hydrogens (tertiary/aromatic N) is 1. The number of thiol groups is 1. The highest BCUT2D eigenvalue weighted by atomic mass is 79.9. The van der Waals surface area contributed by atoms with Gasteiger partial charge >= 0.3 is 0 Å². The van der Waals surface area contributed by atoms with Crippen LogP contribution in [0.4, 0.5) is 0 Å². The fourth-order valence-electron chi connectivity index (χ4n) is 3.72. The van der Waals surface area contributed by atoms with Crippen molar-refractivity contribution in [2.45, 2.75) is 49.5 Å². The van der Waals surface area contributed by atoms with E-state index in [4.69, 9.17) is 0 Å². The molecule has 0 radical (unpaired) electrons. The number of likely N-dealkylation sites (tertiary alicyclic amines) is 1. The Labute approximate surface area is 134 Å². The van der Waals surface area contributed by atoms with E-state index in [1.54, 1.807) is 0 Å². The van der Waals surface area contributed by atoms with Crippen LogP contribution in [0, 0.1) is 5.92 Å². The van der Waals surface area contributed by atoms with Crippen molar-refractivity contribution < 1.29 is 4.79 Å². The highest BCUT2D eigenvalue weighted by Crippen LogP contribution is 2.36. The van der Waals surface area contributed by atoms with Gasteiger partial charge < -0.3 is 4.90 Å². The number of amides is 1. The third-order valence-electron chi connectivity index (χ3n) is 4.69. The molecule has 2 aliphatic rings. The van der Waals surface area contributed by atoms with Crippen molar-refractivity contribution in [3.8, 4) is 0 Å². The Kier molecular flexibility index (Phi) is 4.41. The Hall–Kier alpha value is -0.480. The summed E-state index contributed by atoms with van der Waals surface area (Å²) < 4.78 is 0.966. The summed E-state index contributed by atoms with van der Waals surface area (Å²) in [6, 6.07) is 6.18. The van der Waals surface area contributed by atoms with E-state index in [1.807, 2.05) is 18.2 Å². The Morgan fingerprint density at radius 3 is 2.75 bits per heavy atom. The zero-order valence-corrected chi connectivity index (χ0v) is 14.0. The first kappa shape index (κ1) is 14.5. The van der Waals surface area contributed by atoms with Crippen molar-refractivity contribution in [3.05, 3.63) is 28.2 Å². The average molecular weight is 354 g/mol. The maximum Gasteiger partial charge on any atom is 0.255 e. The maximum absolute atomic E-state index is 12.8. The van der Waals surface area contributed by atoms with Crippen LogP contribution in [0.1, 0.15) is 48.9 Å². The molecule has 2 atom stereocenters. The van der Waals surface area contributed by atoms with Gasteiger partial charge in [-0.3, -0.25) is 4.79 Å². The van der Waals surface area contributed by atoms with Crippen LogP contribution in [-0.4, -0.2) is 23.4 Å². The quantitative estimate of drug-likeness (QED) is 0.735. The zero-order valence-electron chi connectivity index (χ0n) is 11.5. The smallest absolute Gasteiger partial charge is 0.255 e. The van der Waals surface area contributed by atoms with Crippen LogP contribution in [0.3, 0.4) is 0 Å². The van der Waals surface area contributed by atoms with E-state index >= 15 is 0 Å². The molecule has 1 aromatic rings. The van der Waals surface area contributed by atoms with Crippen LogP contribution in [0.15, 0.2) is 27.6 Å². The Morgan fingerprint density at radius 1 is 1.20 bits per heavy atom. The minimum Gasteiger partial charge on any atom is -0.335 e. The number of piperidine rings is 1. The monoisotopic (exact) mass is 353 g/mol. The standard InChI is InChI=1S/C16H20BrNOS/c17-12-7-8-13(15(20)10-12)16(19)18-9-3-5-11-4-1-2-6-14(11)18/h7-8,10-11,14,20H,1-6,9H2. The molecule has 108 valence electrons. The van der Waals surface area contributed by atoms with Gasteiger partial charge in [-0.2, -0.15) is 0 Å². The molecule has 1 saturated carbocycles. The van der Waals surface area contributed by atoms with Gasteiger partial charge in [0.05, 0.1) is 5.56 Å². The molecule has 2 fully saturated rings. The molecule has 20 heavy (non-hydrogen) atoms. The Balaban J connectivity index is 1.85. The maximum atomic E-state index is 12.8. The molecule has 2 unspecified atom stereocenters. The summed E-state index contributed by atoms with van der Waals surface area (Å²) in [5, 5.41) is 0. The molecule has 1 aromatic carbocycles. The lowest BCUT2D eigenvalue weighted by molar-refractivity contribution is 0.0387. The number of fused-ring (bicyclic) bond motifs is 1. The van der Waals surface area contributed by atoms with E-state index in [0.29, 0.717) is 6.04 Å². The lowest BCUT2D eigenvalue weighted by atomic mass is 9.78. The van der Waals surface area contributed by atoms with Gasteiger partial charge in [0.1, 0.15) is 0 Å². The Morgan fingerprint density at radius 2 is 1.95 bits per heavy atom. The van der Waals surface area contributed by atoms with E-state index in [2.05, 4.69) is 33.5 Å². The number of benzene rings is 1. The van der Waals surface area contributed by atoms with Crippen molar-refractivity contribution in [2.24, 2.45) is 5.92 Å². The predicted octanol–water partition coefficient (Wildman–Crippen LogP) is 4.53. The third-order valence-corrected chi connectivity index (χ3v) is 5.56. The molecular weight excluding hydrogens is 334 g/mol. The van der Waals surface area contributed by atoms with Gasteiger partial charge in [0.25, 0.3) is 5.91 Å². The van der Waals surface area contributed by atoms with Gasteiger partial charge in [0.15, 0.2) is 0 Å². The summed E-state index contributed by atoms with van der Waals surface area (Å²) in [7, 11) is 0. The summed E-state index contributed by atoms with van der Waals surface area (Å²) in [4.78, 5) is 15.7. The van der Waals surface area contributed by atoms with Crippen molar-refractivity contribution in [3.63, 3.8) is 0 Å². The molecule has 1 heterocycles. The largest absolute Gasteiger partial charge is 0.335 e. The van der Waals surface area contributed by atoms with Crippen LogP contribution in [-0.2, 0) is 0 Å². The number of carbonyl (C=O) groups is 1. The van der Waals surface area contributed by atoms with Gasteiger partial charge in [-0.15, -0.1) is 12.6 Å². The minimum absolute atomic E-state index is 0.166. The number of hydrogen-bond donors (Lipinski definition) is 1. The molecule has 1 aliphatic carbocycles. The molecular formula is C16H20BrNOS. The van der Waals surface area contributed by atoms with Crippen molar-refractivity contribution in [1.29, 1.82) is 0 Å². The molecule has 1 saturated heterocycles. The van der Waals surface area contributed by atoms with Crippen LogP contribution in [0.2, 0.25) is 0 Å². The molecule has 1 amide bonds. The summed E-state index contributed by atoms with van der Waals surface area (Å²) in [6.45, 7) is 0.906. The van der Waals surface area contributed by atoms with Crippen LogP contribution in [0.25, 0.3) is 0 Å². The zero-order chi connectivity index (χ0) is 14.1. The van der Waals surface area contributed by atoms with Crippen LogP contribution < -0.4 is 0 Å². The second kappa shape index (κ2) is 6.10. The summed E-state index contributed by atoms with van der Waals surface area (Å²) in [5.41, 5.74) is 0.739. The van der Waals surface area contributed by atoms with E-state index in [-0.39, 0.29) is 5.91 Å². The number of hydrogen-bond acceptors (Lipinski definition) is 2. The number of rotatable bonds is 1. The first-order valence-corrected chi connectivity index (χ1v) is 8.70. The lowest BCUT2D eigenvalue weighted by Crippen LogP contribution is -2.49. The van der Waals surface area contributed by atoms with Gasteiger partial charge in [-0.25, -0.2) is 0 Å². The third kappa shape index (κ3) is 2.77. The van der Waals surface area contributed by atoms with Crippen molar-refractivity contribution in [2.75, 3.05) is 6.54 Å². The molecule has 0 aromatic heterocycles. The Bertz CT molecular complexity index is 517. The van der Waals surface area contributed by atoms with E-state index in [9.17, 15) is 4.79 Å². The highest BCUT2D eigenvalue weighted by molar-refractivity contribution is 9.10. The molecule has 0 spiro atoms. The first-order chi connectivity index (χ1) is 9.66.